The van der Waals surface area contributed by atoms with Crippen molar-refractivity contribution in [3.63, 3.8) is 0 Å². The summed E-state index contributed by atoms with van der Waals surface area (Å²) in [4.78, 5) is 13.7. The summed E-state index contributed by atoms with van der Waals surface area (Å²) in [5.41, 5.74) is 2.89. The minimum absolute atomic E-state index is 0. The molecule has 0 atom stereocenters. The van der Waals surface area contributed by atoms with Crippen LogP contribution in [0.2, 0.25) is 10.0 Å². The number of aromatic carboxylic acids is 1. The Morgan fingerprint density at radius 3 is 2.22 bits per heavy atom. The summed E-state index contributed by atoms with van der Waals surface area (Å²) in [6, 6.07) is 22.3. The number of rotatable bonds is 6. The Morgan fingerprint density at radius 1 is 0.889 bits per heavy atom. The Morgan fingerprint density at radius 2 is 1.56 bits per heavy atom. The van der Waals surface area contributed by atoms with Gasteiger partial charge >= 0.3 is 43.7 Å². The van der Waals surface area contributed by atoms with Gasteiger partial charge < -0.3 is 10.0 Å². The van der Waals surface area contributed by atoms with Gasteiger partial charge in [0.2, 0.25) is 0 Å². The predicted molar refractivity (Wildman–Crippen MR) is 116 cm³/mol. The molecule has 1 N–H and O–H groups in total. The molecule has 136 valence electrons. The fraction of sp³-hybridized carbons (Fsp3) is 0.0952. The van der Waals surface area contributed by atoms with E-state index < -0.39 is 5.97 Å². The van der Waals surface area contributed by atoms with Crippen molar-refractivity contribution in [2.45, 2.75) is 6.42 Å². The summed E-state index contributed by atoms with van der Waals surface area (Å²) in [7, 11) is 0. The maximum atomic E-state index is 11.7. The van der Waals surface area contributed by atoms with Crippen LogP contribution in [0.1, 0.15) is 15.9 Å². The predicted octanol–water partition coefficient (Wildman–Crippen LogP) is 5.16. The number of halogens is 2. The molecule has 27 heavy (non-hydrogen) atoms. The van der Waals surface area contributed by atoms with Crippen LogP contribution in [0.15, 0.2) is 72.8 Å². The molecule has 0 unspecified atom stereocenters. The third-order valence-corrected chi connectivity index (χ3v) is 4.84. The van der Waals surface area contributed by atoms with Crippen molar-refractivity contribution in [3.8, 4) is 0 Å². The van der Waals surface area contributed by atoms with Gasteiger partial charge in [0.15, 0.2) is 0 Å². The van der Waals surface area contributed by atoms with Crippen LogP contribution in [-0.2, 0) is 6.42 Å². The van der Waals surface area contributed by atoms with E-state index >= 15 is 0 Å². The summed E-state index contributed by atoms with van der Waals surface area (Å²) in [6.07, 6.45) is 0.694. The average molecular weight is 428 g/mol. The van der Waals surface area contributed by atoms with Gasteiger partial charge in [-0.15, -0.1) is 0 Å². The van der Waals surface area contributed by atoms with E-state index in [1.807, 2.05) is 59.5 Å². The zero-order valence-electron chi connectivity index (χ0n) is 13.9. The van der Waals surface area contributed by atoms with Gasteiger partial charge in [0.1, 0.15) is 0 Å². The summed E-state index contributed by atoms with van der Waals surface area (Å²) in [5, 5.41) is 10.6. The number of carbonyl (C=O) groups is 1. The SMILES string of the molecule is O=C(O)c1ccccc1N(CCc1ccc(Cl)c(Cl)c1)c1ccccc1.[CaH2]. The molecule has 6 heteroatoms. The Kier molecular flexibility index (Phi) is 8.46. The Labute approximate surface area is 198 Å². The number of benzene rings is 3. The molecule has 0 saturated carbocycles. The van der Waals surface area contributed by atoms with Gasteiger partial charge in [-0.05, 0) is 48.4 Å². The summed E-state index contributed by atoms with van der Waals surface area (Å²) >= 11 is 12.1. The zero-order valence-corrected chi connectivity index (χ0v) is 15.4. The van der Waals surface area contributed by atoms with Crippen molar-refractivity contribution in [2.24, 2.45) is 0 Å². The molecule has 0 radical (unpaired) electrons. The second-order valence-corrected chi connectivity index (χ2v) is 6.62. The van der Waals surface area contributed by atoms with Crippen LogP contribution in [-0.4, -0.2) is 55.4 Å². The number of nitrogens with zero attached hydrogens (tertiary/aromatic N) is 1. The molecule has 0 saturated heterocycles. The van der Waals surface area contributed by atoms with Crippen molar-refractivity contribution in [3.05, 3.63) is 94.0 Å². The first kappa shape index (κ1) is 22.1. The first-order valence-electron chi connectivity index (χ1n) is 8.15. The first-order chi connectivity index (χ1) is 12.6. The quantitative estimate of drug-likeness (QED) is 0.552. The molecule has 3 nitrogen and oxygen atoms in total. The fourth-order valence-electron chi connectivity index (χ4n) is 2.82. The number of para-hydroxylation sites is 2. The van der Waals surface area contributed by atoms with Gasteiger partial charge in [0.25, 0.3) is 0 Å². The second kappa shape index (κ2) is 10.4. The normalized spacial score (nSPS) is 10.1. The van der Waals surface area contributed by atoms with Crippen LogP contribution in [0.5, 0.6) is 0 Å². The van der Waals surface area contributed by atoms with Crippen molar-refractivity contribution < 1.29 is 9.90 Å². The van der Waals surface area contributed by atoms with E-state index in [0.29, 0.717) is 28.7 Å². The Bertz CT molecular complexity index is 919. The van der Waals surface area contributed by atoms with Crippen LogP contribution in [0, 0.1) is 0 Å². The third kappa shape index (κ3) is 5.63. The van der Waals surface area contributed by atoms with E-state index in [9.17, 15) is 9.90 Å². The molecule has 0 aliphatic rings. The molecule has 0 bridgehead atoms. The number of carboxylic acid groups (broad SMARTS) is 1. The minimum atomic E-state index is -0.948. The van der Waals surface area contributed by atoms with E-state index in [2.05, 4.69) is 0 Å². The van der Waals surface area contributed by atoms with Crippen molar-refractivity contribution in [2.75, 3.05) is 11.4 Å². The average Bonchev–Trinajstić information content (AvgIpc) is 2.66. The number of anilines is 2. The Hall–Kier alpha value is -1.23. The van der Waals surface area contributed by atoms with E-state index in [4.69, 9.17) is 23.2 Å². The van der Waals surface area contributed by atoms with E-state index in [-0.39, 0.29) is 43.3 Å². The van der Waals surface area contributed by atoms with E-state index in [1.165, 1.54) is 0 Å². The van der Waals surface area contributed by atoms with Gasteiger partial charge in [-0.2, -0.15) is 0 Å². The first-order valence-corrected chi connectivity index (χ1v) is 8.90. The molecular formula is C21H19CaCl2NO2. The van der Waals surface area contributed by atoms with Crippen LogP contribution < -0.4 is 4.90 Å². The third-order valence-electron chi connectivity index (χ3n) is 4.10. The van der Waals surface area contributed by atoms with Crippen LogP contribution in [0.25, 0.3) is 0 Å². The van der Waals surface area contributed by atoms with Crippen LogP contribution in [0.4, 0.5) is 11.4 Å². The monoisotopic (exact) mass is 427 g/mol. The molecule has 0 aliphatic heterocycles. The zero-order chi connectivity index (χ0) is 18.5. The maximum absolute atomic E-state index is 11.7. The molecule has 3 aromatic rings. The molecule has 0 aromatic heterocycles. The van der Waals surface area contributed by atoms with E-state index in [1.54, 1.807) is 18.2 Å². The number of hydrogen-bond donors (Lipinski definition) is 1. The number of hydrogen-bond acceptors (Lipinski definition) is 2. The summed E-state index contributed by atoms with van der Waals surface area (Å²) in [5.74, 6) is -0.948. The Balaban J connectivity index is 0.00000261. The molecular weight excluding hydrogens is 409 g/mol. The molecule has 0 heterocycles. The number of carboxylic acids is 1. The van der Waals surface area contributed by atoms with Crippen molar-refractivity contribution in [1.82, 2.24) is 0 Å². The molecule has 0 amide bonds. The van der Waals surface area contributed by atoms with Gasteiger partial charge in [0, 0.05) is 12.2 Å². The van der Waals surface area contributed by atoms with Gasteiger partial charge in [-0.3, -0.25) is 0 Å². The standard InChI is InChI=1S/C21H17Cl2NO2.Ca.2H/c22-18-11-10-15(14-19(18)23)12-13-24(16-6-2-1-3-7-16)20-9-5-4-8-17(20)21(25)26;;;/h1-11,14H,12-13H2,(H,25,26);;;. The molecule has 3 aromatic carbocycles. The second-order valence-electron chi connectivity index (χ2n) is 5.81. The van der Waals surface area contributed by atoms with Crippen molar-refractivity contribution >= 4 is 78.3 Å². The van der Waals surface area contributed by atoms with Gasteiger partial charge in [-0.25, -0.2) is 4.79 Å². The molecule has 3 rings (SSSR count). The van der Waals surface area contributed by atoms with E-state index in [0.717, 1.165) is 11.3 Å². The molecule has 0 aliphatic carbocycles. The van der Waals surface area contributed by atoms with Crippen LogP contribution in [0.3, 0.4) is 0 Å². The van der Waals surface area contributed by atoms with Crippen LogP contribution >= 0.6 is 23.2 Å². The molecule has 0 spiro atoms. The fourth-order valence-corrected chi connectivity index (χ4v) is 3.14. The van der Waals surface area contributed by atoms with Gasteiger partial charge in [-0.1, -0.05) is 59.6 Å². The summed E-state index contributed by atoms with van der Waals surface area (Å²) in [6.45, 7) is 0.603. The van der Waals surface area contributed by atoms with Gasteiger partial charge in [0.05, 0.1) is 21.3 Å². The molecule has 0 fully saturated rings. The topological polar surface area (TPSA) is 40.5 Å². The van der Waals surface area contributed by atoms with Crippen molar-refractivity contribution in [1.29, 1.82) is 0 Å². The summed E-state index contributed by atoms with van der Waals surface area (Å²) < 4.78 is 0.